The Labute approximate surface area is 136 Å². The number of aryl methyl sites for hydroxylation is 1. The van der Waals surface area contributed by atoms with Gasteiger partial charge in [-0.1, -0.05) is 17.7 Å². The number of hydrogen-bond acceptors (Lipinski definition) is 5. The average Bonchev–Trinajstić information content (AvgIpc) is 2.89. The maximum atomic E-state index is 12.0. The van der Waals surface area contributed by atoms with Gasteiger partial charge in [0, 0.05) is 16.1 Å². The molecule has 1 aromatic heterocycles. The zero-order chi connectivity index (χ0) is 16.1. The highest BCUT2D eigenvalue weighted by atomic mass is 35.5. The fourth-order valence-corrected chi connectivity index (χ4v) is 2.54. The summed E-state index contributed by atoms with van der Waals surface area (Å²) in [4.78, 5) is 27.2. The third-order valence-electron chi connectivity index (χ3n) is 2.76. The van der Waals surface area contributed by atoms with E-state index in [-0.39, 0.29) is 12.3 Å². The minimum absolute atomic E-state index is 0.102. The highest BCUT2D eigenvalue weighted by Crippen LogP contribution is 2.21. The van der Waals surface area contributed by atoms with Crippen LogP contribution in [0.25, 0.3) is 0 Å². The second-order valence-electron chi connectivity index (χ2n) is 4.44. The molecule has 0 saturated carbocycles. The van der Waals surface area contributed by atoms with E-state index in [1.54, 1.807) is 17.5 Å². The topological polar surface area (TPSA) is 80.3 Å². The smallest absolute Gasteiger partial charge is 0.413 e. The van der Waals surface area contributed by atoms with Crippen LogP contribution < -0.4 is 10.6 Å². The predicted octanol–water partition coefficient (Wildman–Crippen LogP) is 3.46. The van der Waals surface area contributed by atoms with Crippen LogP contribution in [0.1, 0.15) is 11.3 Å². The molecule has 2 aromatic rings. The fourth-order valence-electron chi connectivity index (χ4n) is 1.67. The van der Waals surface area contributed by atoms with Gasteiger partial charge in [-0.25, -0.2) is 9.78 Å². The number of thiazole rings is 1. The molecule has 0 fully saturated rings. The molecule has 2 amide bonds. The van der Waals surface area contributed by atoms with Gasteiger partial charge in [0.15, 0.2) is 5.13 Å². The summed E-state index contributed by atoms with van der Waals surface area (Å²) in [5, 5.41) is 7.88. The van der Waals surface area contributed by atoms with Crippen LogP contribution in [0.15, 0.2) is 23.6 Å². The van der Waals surface area contributed by atoms with E-state index in [1.165, 1.54) is 18.4 Å². The monoisotopic (exact) mass is 339 g/mol. The molecule has 1 aromatic carbocycles. The van der Waals surface area contributed by atoms with E-state index in [9.17, 15) is 9.59 Å². The van der Waals surface area contributed by atoms with E-state index in [2.05, 4.69) is 20.4 Å². The van der Waals surface area contributed by atoms with Gasteiger partial charge in [-0.05, 0) is 24.6 Å². The van der Waals surface area contributed by atoms with Crippen LogP contribution in [0.2, 0.25) is 5.02 Å². The second-order valence-corrected chi connectivity index (χ2v) is 5.74. The normalized spacial score (nSPS) is 10.1. The summed E-state index contributed by atoms with van der Waals surface area (Å²) in [5.74, 6) is -0.208. The number of carbonyl (C=O) groups excluding carboxylic acids is 2. The number of rotatable bonds is 4. The van der Waals surface area contributed by atoms with E-state index >= 15 is 0 Å². The van der Waals surface area contributed by atoms with Gasteiger partial charge in [-0.2, -0.15) is 0 Å². The molecule has 0 saturated heterocycles. The van der Waals surface area contributed by atoms with Crippen LogP contribution in [0, 0.1) is 6.92 Å². The molecule has 0 bridgehead atoms. The maximum Gasteiger partial charge on any atom is 0.413 e. The summed E-state index contributed by atoms with van der Waals surface area (Å²) >= 11 is 7.13. The van der Waals surface area contributed by atoms with Crippen molar-refractivity contribution in [2.45, 2.75) is 13.3 Å². The molecular formula is C14H14ClN3O3S. The van der Waals surface area contributed by atoms with Crippen LogP contribution in [0.5, 0.6) is 0 Å². The molecule has 2 N–H and O–H groups in total. The van der Waals surface area contributed by atoms with Crippen molar-refractivity contribution in [3.05, 3.63) is 39.9 Å². The largest absolute Gasteiger partial charge is 0.453 e. The van der Waals surface area contributed by atoms with Gasteiger partial charge in [-0.15, -0.1) is 11.3 Å². The fraction of sp³-hybridized carbons (Fsp3) is 0.214. The Morgan fingerprint density at radius 3 is 2.86 bits per heavy atom. The molecule has 6 nitrogen and oxygen atoms in total. The third-order valence-corrected chi connectivity index (χ3v) is 3.80. The van der Waals surface area contributed by atoms with Gasteiger partial charge in [0.05, 0.1) is 19.2 Å². The number of hydrogen-bond donors (Lipinski definition) is 2. The Morgan fingerprint density at radius 2 is 2.14 bits per heavy atom. The van der Waals surface area contributed by atoms with Crippen molar-refractivity contribution < 1.29 is 14.3 Å². The highest BCUT2D eigenvalue weighted by Gasteiger charge is 2.11. The zero-order valence-corrected chi connectivity index (χ0v) is 13.5. The number of halogens is 1. The van der Waals surface area contributed by atoms with Crippen LogP contribution in [-0.4, -0.2) is 24.1 Å². The lowest BCUT2D eigenvalue weighted by molar-refractivity contribution is -0.115. The van der Waals surface area contributed by atoms with Crippen molar-refractivity contribution in [1.82, 2.24) is 4.98 Å². The quantitative estimate of drug-likeness (QED) is 0.893. The van der Waals surface area contributed by atoms with Crippen molar-refractivity contribution >= 4 is 45.8 Å². The number of aromatic nitrogens is 1. The van der Waals surface area contributed by atoms with Gasteiger partial charge in [0.1, 0.15) is 0 Å². The minimum atomic E-state index is -0.597. The van der Waals surface area contributed by atoms with Gasteiger partial charge >= 0.3 is 6.09 Å². The van der Waals surface area contributed by atoms with Crippen molar-refractivity contribution in [3.8, 4) is 0 Å². The molecule has 0 atom stereocenters. The van der Waals surface area contributed by atoms with Crippen molar-refractivity contribution in [1.29, 1.82) is 0 Å². The Bertz CT molecular complexity index is 702. The lowest BCUT2D eigenvalue weighted by Crippen LogP contribution is -2.15. The van der Waals surface area contributed by atoms with Gasteiger partial charge < -0.3 is 10.1 Å². The summed E-state index contributed by atoms with van der Waals surface area (Å²) in [6.07, 6.45) is -0.495. The molecule has 0 aliphatic carbocycles. The van der Waals surface area contributed by atoms with Crippen LogP contribution >= 0.6 is 22.9 Å². The number of carbonyl (C=O) groups is 2. The maximum absolute atomic E-state index is 12.0. The molecule has 0 aliphatic rings. The highest BCUT2D eigenvalue weighted by molar-refractivity contribution is 7.13. The predicted molar refractivity (Wildman–Crippen MR) is 86.7 cm³/mol. The van der Waals surface area contributed by atoms with Gasteiger partial charge in [-0.3, -0.25) is 10.1 Å². The Kier molecular flexibility index (Phi) is 5.35. The standard InChI is InChI=1S/C14H14ClN3O3S/c1-8-3-4-9(15)5-11(8)17-12(19)6-10-7-22-13(16-10)18-14(20)21-2/h3-5,7H,6H2,1-2H3,(H,17,19)(H,16,18,20). The first kappa shape index (κ1) is 16.3. The molecule has 2 rings (SSSR count). The van der Waals surface area contributed by atoms with Crippen molar-refractivity contribution in [2.24, 2.45) is 0 Å². The second kappa shape index (κ2) is 7.24. The number of nitrogens with one attached hydrogen (secondary N) is 2. The first-order chi connectivity index (χ1) is 10.5. The third kappa shape index (κ3) is 4.44. The zero-order valence-electron chi connectivity index (χ0n) is 12.0. The molecule has 116 valence electrons. The molecule has 22 heavy (non-hydrogen) atoms. The van der Waals surface area contributed by atoms with Gasteiger partial charge in [0.25, 0.3) is 0 Å². The lowest BCUT2D eigenvalue weighted by Gasteiger charge is -2.08. The van der Waals surface area contributed by atoms with Crippen LogP contribution in [-0.2, 0) is 16.0 Å². The molecule has 0 aliphatic heterocycles. The molecule has 1 heterocycles. The average molecular weight is 340 g/mol. The molecular weight excluding hydrogens is 326 g/mol. The summed E-state index contributed by atoms with van der Waals surface area (Å²) in [5.41, 5.74) is 2.15. The number of amides is 2. The first-order valence-corrected chi connectivity index (χ1v) is 7.59. The Hall–Kier alpha value is -2.12. The first-order valence-electron chi connectivity index (χ1n) is 6.33. The lowest BCUT2D eigenvalue weighted by atomic mass is 10.2. The molecule has 0 radical (unpaired) electrons. The molecule has 0 spiro atoms. The number of anilines is 2. The summed E-state index contributed by atoms with van der Waals surface area (Å²) in [6.45, 7) is 1.88. The minimum Gasteiger partial charge on any atom is -0.453 e. The van der Waals surface area contributed by atoms with E-state index < -0.39 is 6.09 Å². The number of benzene rings is 1. The SMILES string of the molecule is COC(=O)Nc1nc(CC(=O)Nc2cc(Cl)ccc2C)cs1. The Balaban J connectivity index is 1.97. The number of methoxy groups -OCH3 is 1. The summed E-state index contributed by atoms with van der Waals surface area (Å²) < 4.78 is 4.47. The van der Waals surface area contributed by atoms with Crippen molar-refractivity contribution in [2.75, 3.05) is 17.7 Å². The Morgan fingerprint density at radius 1 is 1.36 bits per heavy atom. The van der Waals surface area contributed by atoms with Crippen LogP contribution in [0.4, 0.5) is 15.6 Å². The van der Waals surface area contributed by atoms with E-state index in [4.69, 9.17) is 11.6 Å². The van der Waals surface area contributed by atoms with E-state index in [1.807, 2.05) is 13.0 Å². The van der Waals surface area contributed by atoms with E-state index in [0.717, 1.165) is 5.56 Å². The van der Waals surface area contributed by atoms with E-state index in [0.29, 0.717) is 21.5 Å². The summed E-state index contributed by atoms with van der Waals surface area (Å²) in [7, 11) is 1.27. The van der Waals surface area contributed by atoms with Gasteiger partial charge in [0.2, 0.25) is 5.91 Å². The number of nitrogens with zero attached hydrogens (tertiary/aromatic N) is 1. The molecule has 8 heteroatoms. The van der Waals surface area contributed by atoms with Crippen LogP contribution in [0.3, 0.4) is 0 Å². The van der Waals surface area contributed by atoms with Crippen molar-refractivity contribution in [3.63, 3.8) is 0 Å². The summed E-state index contributed by atoms with van der Waals surface area (Å²) in [6, 6.07) is 5.29. The number of ether oxygens (including phenoxy) is 1. The molecule has 0 unspecified atom stereocenters.